The van der Waals surface area contributed by atoms with Gasteiger partial charge in [0.1, 0.15) is 5.54 Å². The van der Waals surface area contributed by atoms with Crippen LogP contribution in [-0.2, 0) is 17.8 Å². The summed E-state index contributed by atoms with van der Waals surface area (Å²) in [5, 5.41) is 1.22. The molecule has 0 atom stereocenters. The first-order valence-electron chi connectivity index (χ1n) is 11.9. The molecule has 1 spiro atoms. The Labute approximate surface area is 194 Å². The summed E-state index contributed by atoms with van der Waals surface area (Å²) in [6.07, 6.45) is 6.53. The Hall–Kier alpha value is -3.19. The van der Waals surface area contributed by atoms with Crippen molar-refractivity contribution in [3.63, 3.8) is 0 Å². The molecule has 2 saturated heterocycles. The number of imide groups is 1. The Kier molecular flexibility index (Phi) is 5.89. The predicted molar refractivity (Wildman–Crippen MR) is 128 cm³/mol. The number of rotatable bonds is 7. The smallest absolute Gasteiger partial charge is 0.327 e. The number of H-pyrrole nitrogens is 1. The molecular formula is C26H31N5O2. The second-order valence-corrected chi connectivity index (χ2v) is 9.14. The zero-order valence-corrected chi connectivity index (χ0v) is 19.2. The van der Waals surface area contributed by atoms with Crippen LogP contribution in [0.15, 0.2) is 54.9 Å². The Bertz CT molecular complexity index is 1100. The van der Waals surface area contributed by atoms with Gasteiger partial charge in [0, 0.05) is 56.3 Å². The SMILES string of the molecule is CCN1C(=O)N(CCCc2cccnc2)C(=O)C12CCN(Cc1cc3ccccc3[nH]1)CC2. The van der Waals surface area contributed by atoms with E-state index in [4.69, 9.17) is 0 Å². The normalized spacial score (nSPS) is 18.7. The van der Waals surface area contributed by atoms with E-state index in [1.807, 2.05) is 36.2 Å². The van der Waals surface area contributed by atoms with Crippen LogP contribution >= 0.6 is 0 Å². The minimum atomic E-state index is -0.683. The van der Waals surface area contributed by atoms with Crippen molar-refractivity contribution < 1.29 is 9.59 Å². The van der Waals surface area contributed by atoms with Crippen LogP contribution in [0, 0.1) is 0 Å². The third-order valence-corrected chi connectivity index (χ3v) is 7.17. The summed E-state index contributed by atoms with van der Waals surface area (Å²) in [6, 6.07) is 14.3. The quantitative estimate of drug-likeness (QED) is 0.561. The van der Waals surface area contributed by atoms with Crippen LogP contribution in [0.4, 0.5) is 4.79 Å². The van der Waals surface area contributed by atoms with Crippen molar-refractivity contribution in [3.05, 3.63) is 66.1 Å². The van der Waals surface area contributed by atoms with Crippen molar-refractivity contribution in [1.29, 1.82) is 0 Å². The summed E-state index contributed by atoms with van der Waals surface area (Å²) in [6.45, 7) is 5.43. The van der Waals surface area contributed by atoms with E-state index in [9.17, 15) is 9.59 Å². The monoisotopic (exact) mass is 445 g/mol. The predicted octanol–water partition coefficient (Wildman–Crippen LogP) is 3.81. The number of aryl methyl sites for hydroxylation is 1. The Balaban J connectivity index is 1.23. The molecule has 0 aliphatic carbocycles. The zero-order chi connectivity index (χ0) is 22.8. The first kappa shape index (κ1) is 21.6. The lowest BCUT2D eigenvalue weighted by atomic mass is 9.85. The number of piperidine rings is 1. The maximum absolute atomic E-state index is 13.5. The number of aromatic nitrogens is 2. The average Bonchev–Trinajstić information content (AvgIpc) is 3.33. The fourth-order valence-electron chi connectivity index (χ4n) is 5.43. The van der Waals surface area contributed by atoms with Crippen LogP contribution in [0.1, 0.15) is 37.4 Å². The molecule has 172 valence electrons. The lowest BCUT2D eigenvalue weighted by Gasteiger charge is -2.41. The summed E-state index contributed by atoms with van der Waals surface area (Å²) < 4.78 is 0. The number of amides is 3. The number of carbonyl (C=O) groups excluding carboxylic acids is 2. The number of likely N-dealkylation sites (N-methyl/N-ethyl adjacent to an activating group) is 1. The van der Waals surface area contributed by atoms with Crippen molar-refractivity contribution in [2.24, 2.45) is 0 Å². The molecule has 2 aliphatic rings. The van der Waals surface area contributed by atoms with E-state index in [0.29, 0.717) is 25.9 Å². The van der Waals surface area contributed by atoms with Crippen LogP contribution in [0.25, 0.3) is 10.9 Å². The molecule has 33 heavy (non-hydrogen) atoms. The molecule has 0 bridgehead atoms. The highest BCUT2D eigenvalue weighted by Crippen LogP contribution is 2.37. The largest absolute Gasteiger partial charge is 0.357 e. The van der Waals surface area contributed by atoms with Gasteiger partial charge in [0.05, 0.1) is 0 Å². The number of benzene rings is 1. The van der Waals surface area contributed by atoms with Crippen molar-refractivity contribution >= 4 is 22.8 Å². The molecule has 1 N–H and O–H groups in total. The second kappa shape index (κ2) is 8.98. The van der Waals surface area contributed by atoms with E-state index >= 15 is 0 Å². The van der Waals surface area contributed by atoms with E-state index in [1.54, 1.807) is 6.20 Å². The number of hydrogen-bond acceptors (Lipinski definition) is 4. The molecule has 2 aromatic heterocycles. The van der Waals surface area contributed by atoms with Gasteiger partial charge in [-0.05, 0) is 61.8 Å². The lowest BCUT2D eigenvalue weighted by molar-refractivity contribution is -0.135. The molecule has 7 heteroatoms. The number of nitrogens with one attached hydrogen (secondary N) is 1. The topological polar surface area (TPSA) is 72.5 Å². The van der Waals surface area contributed by atoms with Gasteiger partial charge in [-0.25, -0.2) is 4.79 Å². The fourth-order valence-corrected chi connectivity index (χ4v) is 5.43. The van der Waals surface area contributed by atoms with Gasteiger partial charge in [0.2, 0.25) is 0 Å². The van der Waals surface area contributed by atoms with E-state index in [1.165, 1.54) is 16.0 Å². The number of likely N-dealkylation sites (tertiary alicyclic amines) is 1. The first-order chi connectivity index (χ1) is 16.1. The summed E-state index contributed by atoms with van der Waals surface area (Å²) in [5.74, 6) is -0.00852. The van der Waals surface area contributed by atoms with Gasteiger partial charge < -0.3 is 9.88 Å². The number of para-hydroxylation sites is 1. The van der Waals surface area contributed by atoms with Crippen LogP contribution in [0.5, 0.6) is 0 Å². The van der Waals surface area contributed by atoms with Crippen LogP contribution < -0.4 is 0 Å². The molecule has 3 aromatic rings. The van der Waals surface area contributed by atoms with Gasteiger partial charge in [-0.15, -0.1) is 0 Å². The fraction of sp³-hybridized carbons (Fsp3) is 0.423. The summed E-state index contributed by atoms with van der Waals surface area (Å²) in [5.41, 5.74) is 2.78. The molecule has 0 unspecified atom stereocenters. The van der Waals surface area contributed by atoms with Gasteiger partial charge >= 0.3 is 6.03 Å². The van der Waals surface area contributed by atoms with E-state index in [-0.39, 0.29) is 11.9 Å². The molecule has 0 saturated carbocycles. The molecule has 0 radical (unpaired) electrons. The van der Waals surface area contributed by atoms with Crippen molar-refractivity contribution in [2.45, 2.75) is 44.7 Å². The third-order valence-electron chi connectivity index (χ3n) is 7.17. The summed E-state index contributed by atoms with van der Waals surface area (Å²) in [4.78, 5) is 40.0. The molecular weight excluding hydrogens is 414 g/mol. The van der Waals surface area contributed by atoms with Crippen LogP contribution in [0.2, 0.25) is 0 Å². The van der Waals surface area contributed by atoms with Gasteiger partial charge in [0.15, 0.2) is 0 Å². The molecule has 2 fully saturated rings. The number of nitrogens with zero attached hydrogens (tertiary/aromatic N) is 4. The molecule has 4 heterocycles. The Morgan fingerprint density at radius 2 is 1.91 bits per heavy atom. The minimum Gasteiger partial charge on any atom is -0.357 e. The number of aromatic amines is 1. The number of urea groups is 1. The first-order valence-corrected chi connectivity index (χ1v) is 11.9. The standard InChI is InChI=1S/C26H31N5O2/c1-2-31-25(33)30(14-6-8-20-7-5-13-27-18-20)24(32)26(31)11-15-29(16-12-26)19-22-17-21-9-3-4-10-23(21)28-22/h3-5,7,9-10,13,17-18,28H,2,6,8,11-12,14-16,19H2,1H3. The summed E-state index contributed by atoms with van der Waals surface area (Å²) >= 11 is 0. The molecule has 1 aromatic carbocycles. The average molecular weight is 446 g/mol. The van der Waals surface area contributed by atoms with Crippen LogP contribution in [-0.4, -0.2) is 68.3 Å². The number of pyridine rings is 1. The highest BCUT2D eigenvalue weighted by atomic mass is 16.2. The molecule has 3 amide bonds. The molecule has 2 aliphatic heterocycles. The number of hydrogen-bond donors (Lipinski definition) is 1. The third kappa shape index (κ3) is 4.02. The van der Waals surface area contributed by atoms with Gasteiger partial charge in [-0.3, -0.25) is 19.6 Å². The number of carbonyl (C=O) groups is 2. The maximum atomic E-state index is 13.5. The van der Waals surface area contributed by atoms with Gasteiger partial charge in [-0.1, -0.05) is 24.3 Å². The highest BCUT2D eigenvalue weighted by molar-refractivity contribution is 6.07. The minimum absolute atomic E-state index is 0.00852. The van der Waals surface area contributed by atoms with Crippen molar-refractivity contribution in [3.8, 4) is 0 Å². The molecule has 7 nitrogen and oxygen atoms in total. The lowest BCUT2D eigenvalue weighted by Crippen LogP contribution is -2.56. The maximum Gasteiger partial charge on any atom is 0.327 e. The summed E-state index contributed by atoms with van der Waals surface area (Å²) in [7, 11) is 0. The molecule has 5 rings (SSSR count). The highest BCUT2D eigenvalue weighted by Gasteiger charge is 2.57. The second-order valence-electron chi connectivity index (χ2n) is 9.14. The van der Waals surface area contributed by atoms with Crippen molar-refractivity contribution in [1.82, 2.24) is 24.7 Å². The zero-order valence-electron chi connectivity index (χ0n) is 19.2. The van der Waals surface area contributed by atoms with Crippen LogP contribution in [0.3, 0.4) is 0 Å². The van der Waals surface area contributed by atoms with E-state index in [2.05, 4.69) is 39.1 Å². The van der Waals surface area contributed by atoms with E-state index < -0.39 is 5.54 Å². The Morgan fingerprint density at radius 3 is 2.64 bits per heavy atom. The van der Waals surface area contributed by atoms with Gasteiger partial charge in [0.25, 0.3) is 5.91 Å². The van der Waals surface area contributed by atoms with E-state index in [0.717, 1.165) is 43.6 Å². The number of fused-ring (bicyclic) bond motifs is 1. The van der Waals surface area contributed by atoms with Gasteiger partial charge in [-0.2, -0.15) is 0 Å². The Morgan fingerprint density at radius 1 is 1.09 bits per heavy atom. The van der Waals surface area contributed by atoms with Crippen molar-refractivity contribution in [2.75, 3.05) is 26.2 Å².